The Bertz CT molecular complexity index is 1600. The van der Waals surface area contributed by atoms with E-state index in [0.717, 1.165) is 12.3 Å². The van der Waals surface area contributed by atoms with Crippen molar-refractivity contribution in [2.75, 3.05) is 31.1 Å². The summed E-state index contributed by atoms with van der Waals surface area (Å²) in [7, 11) is 0. The Morgan fingerprint density at radius 2 is 1.85 bits per heavy atom. The Balaban J connectivity index is 1.33. The van der Waals surface area contributed by atoms with E-state index in [-0.39, 0.29) is 39.8 Å². The molecule has 39 heavy (non-hydrogen) atoms. The maximum atomic E-state index is 14.8. The number of fused-ring (bicyclic) bond motifs is 1. The van der Waals surface area contributed by atoms with Gasteiger partial charge in [0.05, 0.1) is 16.1 Å². The number of H-pyrrole nitrogens is 1. The molecule has 7 nitrogen and oxygen atoms in total. The monoisotopic (exact) mass is 581 g/mol. The van der Waals surface area contributed by atoms with Crippen LogP contribution in [0.25, 0.3) is 5.52 Å². The van der Waals surface area contributed by atoms with Crippen molar-refractivity contribution in [3.63, 3.8) is 0 Å². The molecule has 0 aliphatic carbocycles. The molecule has 1 fully saturated rings. The van der Waals surface area contributed by atoms with E-state index in [0.29, 0.717) is 43.1 Å². The van der Waals surface area contributed by atoms with Gasteiger partial charge in [0.1, 0.15) is 22.3 Å². The van der Waals surface area contributed by atoms with Crippen LogP contribution in [0.3, 0.4) is 0 Å². The molecule has 0 bridgehead atoms. The maximum absolute atomic E-state index is 14.8. The summed E-state index contributed by atoms with van der Waals surface area (Å²) in [6.45, 7) is 1.39. The summed E-state index contributed by atoms with van der Waals surface area (Å²) in [5.41, 5.74) is 0.144. The van der Waals surface area contributed by atoms with Crippen molar-refractivity contribution in [2.24, 2.45) is 0 Å². The summed E-state index contributed by atoms with van der Waals surface area (Å²) in [6.07, 6.45) is -1.45. The smallest absolute Gasteiger partial charge is 0.355 e. The number of nitrogens with zero attached hydrogens (tertiary/aromatic N) is 4. The average molecular weight is 582 g/mol. The Kier molecular flexibility index (Phi) is 7.30. The summed E-state index contributed by atoms with van der Waals surface area (Å²) in [5, 5.41) is 0.383. The van der Waals surface area contributed by atoms with Crippen molar-refractivity contribution in [1.82, 2.24) is 19.3 Å². The van der Waals surface area contributed by atoms with E-state index in [1.807, 2.05) is 0 Å². The zero-order valence-electron chi connectivity index (χ0n) is 20.2. The highest BCUT2D eigenvalue weighted by atomic mass is 35.5. The second kappa shape index (κ2) is 10.5. The highest BCUT2D eigenvalue weighted by molar-refractivity contribution is 6.42. The lowest BCUT2D eigenvalue weighted by molar-refractivity contribution is -0.137. The summed E-state index contributed by atoms with van der Waals surface area (Å²) >= 11 is 12.4. The van der Waals surface area contributed by atoms with Crippen LogP contribution in [0.2, 0.25) is 10.2 Å². The highest BCUT2D eigenvalue weighted by Crippen LogP contribution is 2.30. The quantitative estimate of drug-likeness (QED) is 0.326. The molecule has 0 radical (unpaired) electrons. The van der Waals surface area contributed by atoms with Crippen LogP contribution in [-0.4, -0.2) is 51.4 Å². The predicted molar refractivity (Wildman–Crippen MR) is 139 cm³/mol. The number of benzene rings is 1. The van der Waals surface area contributed by atoms with E-state index in [1.165, 1.54) is 39.8 Å². The molecular formula is C26H21Cl2F4N5O2. The van der Waals surface area contributed by atoms with Gasteiger partial charge in [0.2, 0.25) is 0 Å². The molecule has 204 valence electrons. The van der Waals surface area contributed by atoms with Crippen LogP contribution in [0, 0.1) is 5.82 Å². The first kappa shape index (κ1) is 27.0. The minimum absolute atomic E-state index is 0.106. The summed E-state index contributed by atoms with van der Waals surface area (Å²) in [6, 6.07) is 7.96. The Labute approximate surface area is 229 Å². The molecule has 1 aliphatic heterocycles. The number of rotatable bonds is 4. The van der Waals surface area contributed by atoms with Crippen LogP contribution in [0.15, 0.2) is 53.6 Å². The van der Waals surface area contributed by atoms with Gasteiger partial charge in [0.15, 0.2) is 0 Å². The van der Waals surface area contributed by atoms with Gasteiger partial charge in [-0.3, -0.25) is 14.0 Å². The number of pyridine rings is 1. The van der Waals surface area contributed by atoms with Crippen molar-refractivity contribution in [2.45, 2.75) is 19.0 Å². The van der Waals surface area contributed by atoms with Crippen molar-refractivity contribution < 1.29 is 22.4 Å². The number of nitrogens with one attached hydrogen (secondary N) is 1. The largest absolute Gasteiger partial charge is 0.417 e. The van der Waals surface area contributed by atoms with Crippen LogP contribution in [-0.2, 0) is 12.6 Å². The number of alkyl halides is 3. The highest BCUT2D eigenvalue weighted by Gasteiger charge is 2.31. The number of hydrogen-bond acceptors (Lipinski definition) is 4. The van der Waals surface area contributed by atoms with Crippen LogP contribution in [0.5, 0.6) is 0 Å². The van der Waals surface area contributed by atoms with Gasteiger partial charge in [-0.1, -0.05) is 29.3 Å². The molecular weight excluding hydrogens is 561 g/mol. The summed E-state index contributed by atoms with van der Waals surface area (Å²) in [4.78, 5) is 35.4. The average Bonchev–Trinajstić information content (AvgIpc) is 3.07. The van der Waals surface area contributed by atoms with E-state index < -0.39 is 23.5 Å². The van der Waals surface area contributed by atoms with E-state index in [9.17, 15) is 27.2 Å². The Morgan fingerprint density at radius 1 is 1.05 bits per heavy atom. The first-order chi connectivity index (χ1) is 18.5. The predicted octanol–water partition coefficient (Wildman–Crippen LogP) is 5.43. The van der Waals surface area contributed by atoms with Crippen LogP contribution in [0.4, 0.5) is 23.4 Å². The SMILES string of the molecule is O=C(c1cc(Cc2c[nH]c(=O)c3cc(Cl)c(Cl)n23)ccc1F)N1CCCN(c2ccc(C(F)(F)F)cn2)CC1. The fraction of sp³-hybridized carbons (Fsp3) is 0.269. The van der Waals surface area contributed by atoms with Crippen molar-refractivity contribution >= 4 is 40.4 Å². The molecule has 0 unspecified atom stereocenters. The molecule has 4 aromatic rings. The normalized spacial score (nSPS) is 14.6. The lowest BCUT2D eigenvalue weighted by Gasteiger charge is -2.23. The van der Waals surface area contributed by atoms with E-state index >= 15 is 0 Å². The molecule has 4 heterocycles. The van der Waals surface area contributed by atoms with Gasteiger partial charge in [0, 0.05) is 50.7 Å². The fourth-order valence-electron chi connectivity index (χ4n) is 4.64. The number of anilines is 1. The third-order valence-corrected chi connectivity index (χ3v) is 7.37. The lowest BCUT2D eigenvalue weighted by atomic mass is 10.0. The molecule has 1 aliphatic rings. The minimum Gasteiger partial charge on any atom is -0.355 e. The van der Waals surface area contributed by atoms with Crippen molar-refractivity contribution in [3.8, 4) is 0 Å². The Morgan fingerprint density at radius 3 is 2.56 bits per heavy atom. The number of aromatic amines is 1. The standard InChI is InChI=1S/C26H21Cl2F4N5O2/c27-19-12-21-24(38)34-14-17(37(21)23(19)28)10-15-2-4-20(29)18(11-15)25(39)36-7-1-6-35(8-9-36)22-5-3-16(13-33-22)26(30,31)32/h2-5,11-14H,1,6-10H2,(H,34,38). The topological polar surface area (TPSA) is 73.7 Å². The van der Waals surface area contributed by atoms with Crippen LogP contribution >= 0.6 is 23.2 Å². The van der Waals surface area contributed by atoms with Gasteiger partial charge >= 0.3 is 6.18 Å². The van der Waals surface area contributed by atoms with Crippen molar-refractivity contribution in [1.29, 1.82) is 0 Å². The first-order valence-electron chi connectivity index (χ1n) is 12.0. The number of carbonyl (C=O) groups excluding carboxylic acids is 1. The zero-order valence-corrected chi connectivity index (χ0v) is 21.7. The first-order valence-corrected chi connectivity index (χ1v) is 12.7. The number of carbonyl (C=O) groups is 1. The number of hydrogen-bond donors (Lipinski definition) is 1. The van der Waals surface area contributed by atoms with E-state index in [4.69, 9.17) is 23.2 Å². The van der Waals surface area contributed by atoms with Crippen LogP contribution in [0.1, 0.15) is 33.6 Å². The van der Waals surface area contributed by atoms with Crippen molar-refractivity contribution in [3.05, 3.63) is 97.5 Å². The molecule has 1 amide bonds. The second-order valence-corrected chi connectivity index (χ2v) is 9.90. The molecule has 1 aromatic carbocycles. The van der Waals surface area contributed by atoms with E-state index in [2.05, 4.69) is 9.97 Å². The summed E-state index contributed by atoms with van der Waals surface area (Å²) < 4.78 is 54.9. The number of amides is 1. The number of halogens is 6. The van der Waals surface area contributed by atoms with Gasteiger partial charge in [-0.05, 0) is 42.3 Å². The summed E-state index contributed by atoms with van der Waals surface area (Å²) in [5.74, 6) is -0.797. The second-order valence-electron chi connectivity index (χ2n) is 9.14. The van der Waals surface area contributed by atoms with Crippen LogP contribution < -0.4 is 10.5 Å². The maximum Gasteiger partial charge on any atom is 0.417 e. The molecule has 0 saturated carbocycles. The molecule has 3 aromatic heterocycles. The zero-order chi connectivity index (χ0) is 27.9. The molecule has 0 atom stereocenters. The molecule has 13 heteroatoms. The van der Waals surface area contributed by atoms with E-state index in [1.54, 1.807) is 11.0 Å². The third kappa shape index (κ3) is 5.46. The molecule has 1 saturated heterocycles. The van der Waals surface area contributed by atoms with Gasteiger partial charge < -0.3 is 14.8 Å². The minimum atomic E-state index is -4.48. The van der Waals surface area contributed by atoms with Gasteiger partial charge in [-0.2, -0.15) is 13.2 Å². The lowest BCUT2D eigenvalue weighted by Crippen LogP contribution is -2.36. The van der Waals surface area contributed by atoms with Gasteiger partial charge in [-0.15, -0.1) is 0 Å². The van der Waals surface area contributed by atoms with Gasteiger partial charge in [0.25, 0.3) is 11.5 Å². The fourth-order valence-corrected chi connectivity index (χ4v) is 5.08. The third-order valence-electron chi connectivity index (χ3n) is 6.62. The number of aromatic nitrogens is 3. The molecule has 5 rings (SSSR count). The van der Waals surface area contributed by atoms with Gasteiger partial charge in [-0.25, -0.2) is 9.37 Å². The molecule has 1 N–H and O–H groups in total. The Hall–Kier alpha value is -3.57. The molecule has 0 spiro atoms.